The average molecular weight is 282 g/mol. The van der Waals surface area contributed by atoms with E-state index in [2.05, 4.69) is 41.4 Å². The second-order valence-electron chi connectivity index (χ2n) is 5.77. The van der Waals surface area contributed by atoms with Crippen LogP contribution in [0.3, 0.4) is 0 Å². The third kappa shape index (κ3) is 4.94. The highest BCUT2D eigenvalue weighted by molar-refractivity contribution is 5.48. The maximum atomic E-state index is 9.09. The lowest BCUT2D eigenvalue weighted by Gasteiger charge is -2.21. The van der Waals surface area contributed by atoms with E-state index in [0.29, 0.717) is 13.0 Å². The maximum Gasteiger partial charge on any atom is 0.138 e. The summed E-state index contributed by atoms with van der Waals surface area (Å²) in [4.78, 5) is 9.04. The van der Waals surface area contributed by atoms with Crippen molar-refractivity contribution in [1.29, 1.82) is 0 Å². The summed E-state index contributed by atoms with van der Waals surface area (Å²) in [6.45, 7) is 6.85. The Balaban J connectivity index is 2.98. The number of aliphatic hydroxyl groups is 1. The number of aromatic nitrogens is 2. The van der Waals surface area contributed by atoms with Crippen molar-refractivity contribution in [3.63, 3.8) is 0 Å². The predicted molar refractivity (Wildman–Crippen MR) is 81.3 cm³/mol. The van der Waals surface area contributed by atoms with E-state index in [4.69, 9.17) is 9.84 Å². The molecule has 0 saturated heterocycles. The standard InChI is InChI=1S/C14H26N4O2/c1-14(2,3)13-17-11(15-4)8-12(18-13)16-10(6-7-19)9-20-5/h8,10,19H,6-7,9H2,1-5H3,(H2,15,16,17,18). The summed E-state index contributed by atoms with van der Waals surface area (Å²) in [6, 6.07) is 1.88. The normalized spacial score (nSPS) is 13.1. The SMILES string of the molecule is CNc1cc(NC(CCO)COC)nc(C(C)(C)C)n1. The van der Waals surface area contributed by atoms with Gasteiger partial charge >= 0.3 is 0 Å². The predicted octanol–water partition coefficient (Wildman–Crippen LogP) is 1.63. The van der Waals surface area contributed by atoms with Gasteiger partial charge in [0.05, 0.1) is 12.6 Å². The van der Waals surface area contributed by atoms with Gasteiger partial charge in [0.25, 0.3) is 0 Å². The van der Waals surface area contributed by atoms with Gasteiger partial charge in [-0.1, -0.05) is 20.8 Å². The van der Waals surface area contributed by atoms with Crippen LogP contribution in [0.25, 0.3) is 0 Å². The lowest BCUT2D eigenvalue weighted by molar-refractivity contribution is 0.170. The van der Waals surface area contributed by atoms with Gasteiger partial charge in [-0.25, -0.2) is 9.97 Å². The number of methoxy groups -OCH3 is 1. The van der Waals surface area contributed by atoms with Gasteiger partial charge in [-0.3, -0.25) is 0 Å². The van der Waals surface area contributed by atoms with E-state index in [9.17, 15) is 0 Å². The second kappa shape index (κ2) is 7.40. The van der Waals surface area contributed by atoms with E-state index >= 15 is 0 Å². The summed E-state index contributed by atoms with van der Waals surface area (Å²) in [7, 11) is 3.48. The van der Waals surface area contributed by atoms with Crippen LogP contribution in [0.4, 0.5) is 11.6 Å². The monoisotopic (exact) mass is 282 g/mol. The highest BCUT2D eigenvalue weighted by Crippen LogP contribution is 2.22. The lowest BCUT2D eigenvalue weighted by Crippen LogP contribution is -2.27. The zero-order chi connectivity index (χ0) is 15.2. The van der Waals surface area contributed by atoms with E-state index in [-0.39, 0.29) is 18.1 Å². The van der Waals surface area contributed by atoms with E-state index in [1.807, 2.05) is 13.1 Å². The van der Waals surface area contributed by atoms with Crippen LogP contribution in [-0.2, 0) is 10.2 Å². The Morgan fingerprint density at radius 3 is 2.45 bits per heavy atom. The molecule has 6 heteroatoms. The number of aliphatic hydroxyl groups excluding tert-OH is 1. The molecule has 1 unspecified atom stereocenters. The minimum absolute atomic E-state index is 0.0254. The van der Waals surface area contributed by atoms with Gasteiger partial charge in [-0.05, 0) is 6.42 Å². The summed E-state index contributed by atoms with van der Waals surface area (Å²) in [5.41, 5.74) is -0.128. The third-order valence-electron chi connectivity index (χ3n) is 2.85. The quantitative estimate of drug-likeness (QED) is 0.705. The van der Waals surface area contributed by atoms with Gasteiger partial charge in [-0.15, -0.1) is 0 Å². The van der Waals surface area contributed by atoms with Gasteiger partial charge in [0.15, 0.2) is 0 Å². The number of nitrogens with one attached hydrogen (secondary N) is 2. The Labute approximate surface area is 121 Å². The zero-order valence-corrected chi connectivity index (χ0v) is 13.0. The highest BCUT2D eigenvalue weighted by atomic mass is 16.5. The topological polar surface area (TPSA) is 79.3 Å². The molecule has 0 saturated carbocycles. The summed E-state index contributed by atoms with van der Waals surface area (Å²) in [5, 5.41) is 15.4. The highest BCUT2D eigenvalue weighted by Gasteiger charge is 2.19. The van der Waals surface area contributed by atoms with Gasteiger partial charge in [0, 0.05) is 32.2 Å². The van der Waals surface area contributed by atoms with Crippen LogP contribution in [0.1, 0.15) is 33.0 Å². The number of anilines is 2. The molecule has 1 rings (SSSR count). The Kier molecular flexibility index (Phi) is 6.16. The largest absolute Gasteiger partial charge is 0.396 e. The fraction of sp³-hybridized carbons (Fsp3) is 0.714. The molecular formula is C14H26N4O2. The van der Waals surface area contributed by atoms with Crippen LogP contribution in [0.5, 0.6) is 0 Å². The van der Waals surface area contributed by atoms with E-state index in [0.717, 1.165) is 17.5 Å². The molecule has 6 nitrogen and oxygen atoms in total. The van der Waals surface area contributed by atoms with Crippen molar-refractivity contribution in [2.24, 2.45) is 0 Å². The summed E-state index contributed by atoms with van der Waals surface area (Å²) >= 11 is 0. The van der Waals surface area contributed by atoms with Gasteiger partial charge in [0.1, 0.15) is 17.5 Å². The smallest absolute Gasteiger partial charge is 0.138 e. The summed E-state index contributed by atoms with van der Waals surface area (Å²) in [6.07, 6.45) is 0.609. The van der Waals surface area contributed by atoms with Crippen molar-refractivity contribution in [2.75, 3.05) is 38.0 Å². The molecule has 20 heavy (non-hydrogen) atoms. The van der Waals surface area contributed by atoms with Crippen molar-refractivity contribution < 1.29 is 9.84 Å². The molecule has 0 radical (unpaired) electrons. The molecule has 0 aliphatic rings. The maximum absolute atomic E-state index is 9.09. The molecule has 3 N–H and O–H groups in total. The van der Waals surface area contributed by atoms with Crippen molar-refractivity contribution in [1.82, 2.24) is 9.97 Å². The first-order valence-electron chi connectivity index (χ1n) is 6.84. The molecule has 0 aliphatic heterocycles. The van der Waals surface area contributed by atoms with Gasteiger partial charge in [-0.2, -0.15) is 0 Å². The Morgan fingerprint density at radius 1 is 1.30 bits per heavy atom. The molecule has 0 aliphatic carbocycles. The van der Waals surface area contributed by atoms with E-state index in [1.54, 1.807) is 7.11 Å². The number of rotatable bonds is 7. The van der Waals surface area contributed by atoms with Gasteiger partial charge < -0.3 is 20.5 Å². The molecule has 0 spiro atoms. The third-order valence-corrected chi connectivity index (χ3v) is 2.85. The minimum Gasteiger partial charge on any atom is -0.396 e. The second-order valence-corrected chi connectivity index (χ2v) is 5.77. The molecular weight excluding hydrogens is 256 g/mol. The first-order valence-corrected chi connectivity index (χ1v) is 6.84. The van der Waals surface area contributed by atoms with Crippen molar-refractivity contribution in [3.05, 3.63) is 11.9 Å². The van der Waals surface area contributed by atoms with Crippen LogP contribution in [-0.4, -0.2) is 48.5 Å². The fourth-order valence-electron chi connectivity index (χ4n) is 1.75. The number of hydrogen-bond donors (Lipinski definition) is 3. The van der Waals surface area contributed by atoms with Crippen LogP contribution < -0.4 is 10.6 Å². The van der Waals surface area contributed by atoms with Crippen molar-refractivity contribution in [2.45, 2.75) is 38.6 Å². The summed E-state index contributed by atoms with van der Waals surface area (Å²) in [5.74, 6) is 2.28. The first kappa shape index (κ1) is 16.7. The Morgan fingerprint density at radius 2 is 1.95 bits per heavy atom. The fourth-order valence-corrected chi connectivity index (χ4v) is 1.75. The molecule has 1 aromatic rings. The van der Waals surface area contributed by atoms with Crippen molar-refractivity contribution >= 4 is 11.6 Å². The van der Waals surface area contributed by atoms with Crippen molar-refractivity contribution in [3.8, 4) is 0 Å². The number of hydrogen-bond acceptors (Lipinski definition) is 6. The molecule has 0 aromatic carbocycles. The lowest BCUT2D eigenvalue weighted by atomic mass is 9.96. The number of ether oxygens (including phenoxy) is 1. The minimum atomic E-state index is -0.128. The van der Waals surface area contributed by atoms with Crippen LogP contribution in [0.15, 0.2) is 6.07 Å². The first-order chi connectivity index (χ1) is 9.40. The van der Waals surface area contributed by atoms with E-state index < -0.39 is 0 Å². The average Bonchev–Trinajstić information content (AvgIpc) is 2.38. The van der Waals surface area contributed by atoms with Gasteiger partial charge in [0.2, 0.25) is 0 Å². The molecule has 114 valence electrons. The molecule has 1 heterocycles. The zero-order valence-electron chi connectivity index (χ0n) is 13.0. The summed E-state index contributed by atoms with van der Waals surface area (Å²) < 4.78 is 5.15. The van der Waals surface area contributed by atoms with Crippen LogP contribution in [0.2, 0.25) is 0 Å². The molecule has 0 amide bonds. The Hall–Kier alpha value is -1.40. The van der Waals surface area contributed by atoms with E-state index in [1.165, 1.54) is 0 Å². The van der Waals surface area contributed by atoms with Crippen LogP contribution >= 0.6 is 0 Å². The molecule has 1 aromatic heterocycles. The molecule has 1 atom stereocenters. The van der Waals surface area contributed by atoms with Crippen LogP contribution in [0, 0.1) is 0 Å². The Bertz CT molecular complexity index is 412. The molecule has 0 bridgehead atoms. The molecule has 0 fully saturated rings. The number of nitrogens with zero attached hydrogens (tertiary/aromatic N) is 2.